The quantitative estimate of drug-likeness (QED) is 0.577. The number of rotatable bonds is 2. The Kier molecular flexibility index (Phi) is 3.78. The maximum Gasteiger partial charge on any atom is 0.0452 e. The molecule has 1 heteroatoms. The summed E-state index contributed by atoms with van der Waals surface area (Å²) in [6.07, 6.45) is 3.98. The van der Waals surface area contributed by atoms with E-state index in [0.29, 0.717) is 0 Å². The highest BCUT2D eigenvalue weighted by Gasteiger charge is 2.15. The SMILES string of the molecule is Cc1ccc(-c2cc(N3CCCCC3)c3ccccc3c2)cc1. The van der Waals surface area contributed by atoms with Gasteiger partial charge in [-0.05, 0) is 54.8 Å². The molecule has 0 radical (unpaired) electrons. The molecular formula is C22H23N. The second-order valence-corrected chi connectivity index (χ2v) is 6.63. The van der Waals surface area contributed by atoms with Gasteiger partial charge < -0.3 is 4.90 Å². The lowest BCUT2D eigenvalue weighted by Gasteiger charge is -2.30. The van der Waals surface area contributed by atoms with E-state index in [9.17, 15) is 0 Å². The summed E-state index contributed by atoms with van der Waals surface area (Å²) in [5.41, 5.74) is 5.34. The molecule has 116 valence electrons. The highest BCUT2D eigenvalue weighted by Crippen LogP contribution is 2.34. The summed E-state index contributed by atoms with van der Waals surface area (Å²) >= 11 is 0. The third kappa shape index (κ3) is 2.84. The van der Waals surface area contributed by atoms with Crippen molar-refractivity contribution in [2.24, 2.45) is 0 Å². The molecule has 0 saturated carbocycles. The van der Waals surface area contributed by atoms with Crippen molar-refractivity contribution in [2.45, 2.75) is 26.2 Å². The van der Waals surface area contributed by atoms with Gasteiger partial charge in [-0.1, -0.05) is 54.1 Å². The van der Waals surface area contributed by atoms with E-state index in [0.717, 1.165) is 0 Å². The Labute approximate surface area is 138 Å². The van der Waals surface area contributed by atoms with Gasteiger partial charge in [-0.15, -0.1) is 0 Å². The van der Waals surface area contributed by atoms with Gasteiger partial charge in [0, 0.05) is 24.2 Å². The maximum atomic E-state index is 2.57. The molecule has 0 aliphatic carbocycles. The Morgan fingerprint density at radius 3 is 2.26 bits per heavy atom. The summed E-state index contributed by atoms with van der Waals surface area (Å²) in [6.45, 7) is 4.51. The van der Waals surface area contributed by atoms with Crippen molar-refractivity contribution >= 4 is 16.5 Å². The Balaban J connectivity index is 1.87. The molecule has 1 aliphatic heterocycles. The minimum atomic E-state index is 1.18. The molecule has 0 aromatic heterocycles. The van der Waals surface area contributed by atoms with Crippen molar-refractivity contribution in [1.82, 2.24) is 0 Å². The predicted molar refractivity (Wildman–Crippen MR) is 100 cm³/mol. The van der Waals surface area contributed by atoms with Crippen molar-refractivity contribution in [2.75, 3.05) is 18.0 Å². The second kappa shape index (κ2) is 6.08. The number of hydrogen-bond acceptors (Lipinski definition) is 1. The lowest BCUT2D eigenvalue weighted by molar-refractivity contribution is 0.579. The van der Waals surface area contributed by atoms with Crippen LogP contribution < -0.4 is 4.90 Å². The van der Waals surface area contributed by atoms with Crippen LogP contribution in [0.15, 0.2) is 60.7 Å². The highest BCUT2D eigenvalue weighted by atomic mass is 15.1. The van der Waals surface area contributed by atoms with Gasteiger partial charge in [-0.3, -0.25) is 0 Å². The molecule has 0 spiro atoms. The van der Waals surface area contributed by atoms with E-state index in [1.54, 1.807) is 0 Å². The average Bonchev–Trinajstić information content (AvgIpc) is 2.62. The minimum absolute atomic E-state index is 1.18. The Hall–Kier alpha value is -2.28. The summed E-state index contributed by atoms with van der Waals surface area (Å²) < 4.78 is 0. The van der Waals surface area contributed by atoms with Crippen LogP contribution in [-0.4, -0.2) is 13.1 Å². The van der Waals surface area contributed by atoms with E-state index >= 15 is 0 Å². The van der Waals surface area contributed by atoms with Crippen molar-refractivity contribution < 1.29 is 0 Å². The van der Waals surface area contributed by atoms with Crippen LogP contribution in [0.2, 0.25) is 0 Å². The smallest absolute Gasteiger partial charge is 0.0452 e. The fourth-order valence-corrected chi connectivity index (χ4v) is 3.60. The summed E-state index contributed by atoms with van der Waals surface area (Å²) in [6, 6.07) is 22.4. The standard InChI is InChI=1S/C22H23N/c1-17-9-11-18(12-10-17)20-15-19-7-3-4-8-21(19)22(16-20)23-13-5-2-6-14-23/h3-4,7-12,15-16H,2,5-6,13-14H2,1H3. The molecular weight excluding hydrogens is 278 g/mol. The zero-order chi connectivity index (χ0) is 15.6. The van der Waals surface area contributed by atoms with Gasteiger partial charge in [-0.25, -0.2) is 0 Å². The van der Waals surface area contributed by atoms with Crippen LogP contribution in [0, 0.1) is 6.92 Å². The lowest BCUT2D eigenvalue weighted by atomic mass is 9.97. The molecule has 1 nitrogen and oxygen atoms in total. The highest BCUT2D eigenvalue weighted by molar-refractivity contribution is 5.98. The summed E-state index contributed by atoms with van der Waals surface area (Å²) in [5.74, 6) is 0. The van der Waals surface area contributed by atoms with Crippen LogP contribution in [0.4, 0.5) is 5.69 Å². The van der Waals surface area contributed by atoms with Crippen LogP contribution in [0.1, 0.15) is 24.8 Å². The Morgan fingerprint density at radius 1 is 0.739 bits per heavy atom. The maximum absolute atomic E-state index is 2.57. The molecule has 0 amide bonds. The monoisotopic (exact) mass is 301 g/mol. The van der Waals surface area contributed by atoms with E-state index in [1.165, 1.54) is 65.5 Å². The van der Waals surface area contributed by atoms with Crippen LogP contribution in [0.3, 0.4) is 0 Å². The zero-order valence-electron chi connectivity index (χ0n) is 13.8. The number of anilines is 1. The van der Waals surface area contributed by atoms with Crippen molar-refractivity contribution in [3.05, 3.63) is 66.2 Å². The third-order valence-electron chi connectivity index (χ3n) is 4.92. The van der Waals surface area contributed by atoms with E-state index in [4.69, 9.17) is 0 Å². The Morgan fingerprint density at radius 2 is 1.48 bits per heavy atom. The lowest BCUT2D eigenvalue weighted by Crippen LogP contribution is -2.29. The topological polar surface area (TPSA) is 3.24 Å². The van der Waals surface area contributed by atoms with Crippen LogP contribution in [0.25, 0.3) is 21.9 Å². The molecule has 0 unspecified atom stereocenters. The summed E-state index contributed by atoms with van der Waals surface area (Å²) in [4.78, 5) is 2.57. The summed E-state index contributed by atoms with van der Waals surface area (Å²) in [5, 5.41) is 2.72. The first-order valence-electron chi connectivity index (χ1n) is 8.66. The number of hydrogen-bond donors (Lipinski definition) is 0. The van der Waals surface area contributed by atoms with Gasteiger partial charge >= 0.3 is 0 Å². The van der Waals surface area contributed by atoms with E-state index in [1.807, 2.05) is 0 Å². The average molecular weight is 301 g/mol. The fraction of sp³-hybridized carbons (Fsp3) is 0.273. The first kappa shape index (κ1) is 14.3. The molecule has 0 bridgehead atoms. The van der Waals surface area contributed by atoms with Gasteiger partial charge in [0.15, 0.2) is 0 Å². The minimum Gasteiger partial charge on any atom is -0.371 e. The molecule has 0 atom stereocenters. The molecule has 1 saturated heterocycles. The van der Waals surface area contributed by atoms with Gasteiger partial charge in [0.1, 0.15) is 0 Å². The normalized spacial score (nSPS) is 15.1. The van der Waals surface area contributed by atoms with Crippen LogP contribution in [-0.2, 0) is 0 Å². The summed E-state index contributed by atoms with van der Waals surface area (Å²) in [7, 11) is 0. The first-order chi connectivity index (χ1) is 11.3. The van der Waals surface area contributed by atoms with Crippen molar-refractivity contribution in [3.63, 3.8) is 0 Å². The van der Waals surface area contributed by atoms with E-state index in [-0.39, 0.29) is 0 Å². The number of piperidine rings is 1. The van der Waals surface area contributed by atoms with Crippen LogP contribution >= 0.6 is 0 Å². The Bertz CT molecular complexity index is 811. The molecule has 1 heterocycles. The van der Waals surface area contributed by atoms with E-state index < -0.39 is 0 Å². The van der Waals surface area contributed by atoms with E-state index in [2.05, 4.69) is 72.5 Å². The third-order valence-corrected chi connectivity index (χ3v) is 4.92. The largest absolute Gasteiger partial charge is 0.371 e. The van der Waals surface area contributed by atoms with Gasteiger partial charge in [0.25, 0.3) is 0 Å². The van der Waals surface area contributed by atoms with Crippen LogP contribution in [0.5, 0.6) is 0 Å². The van der Waals surface area contributed by atoms with Gasteiger partial charge in [0.2, 0.25) is 0 Å². The zero-order valence-corrected chi connectivity index (χ0v) is 13.8. The number of nitrogens with zero attached hydrogens (tertiary/aromatic N) is 1. The predicted octanol–water partition coefficient (Wildman–Crippen LogP) is 5.81. The van der Waals surface area contributed by atoms with Gasteiger partial charge in [-0.2, -0.15) is 0 Å². The van der Waals surface area contributed by atoms with Crippen molar-refractivity contribution in [3.8, 4) is 11.1 Å². The molecule has 1 fully saturated rings. The second-order valence-electron chi connectivity index (χ2n) is 6.63. The number of fused-ring (bicyclic) bond motifs is 1. The number of aryl methyl sites for hydroxylation is 1. The van der Waals surface area contributed by atoms with Gasteiger partial charge in [0.05, 0.1) is 0 Å². The molecule has 1 aliphatic rings. The molecule has 4 rings (SSSR count). The molecule has 3 aromatic rings. The molecule has 0 N–H and O–H groups in total. The molecule has 23 heavy (non-hydrogen) atoms. The number of benzene rings is 3. The fourth-order valence-electron chi connectivity index (χ4n) is 3.60. The first-order valence-corrected chi connectivity index (χ1v) is 8.66. The molecule has 3 aromatic carbocycles. The van der Waals surface area contributed by atoms with Crippen molar-refractivity contribution in [1.29, 1.82) is 0 Å².